The quantitative estimate of drug-likeness (QED) is 0.337. The SMILES string of the molecule is CCNC(=NCC1CCCN(CC(C)C)C1)Nc1ccc2c(c1)OCCCO2.I. The number of nitrogens with one attached hydrogen (secondary N) is 2. The third-order valence-electron chi connectivity index (χ3n) is 5.09. The van der Waals surface area contributed by atoms with Gasteiger partial charge in [-0.1, -0.05) is 13.8 Å². The van der Waals surface area contributed by atoms with Crippen LogP contribution in [0.25, 0.3) is 0 Å². The highest BCUT2D eigenvalue weighted by atomic mass is 127. The second-order valence-corrected chi connectivity index (χ2v) is 8.22. The van der Waals surface area contributed by atoms with Crippen molar-refractivity contribution >= 4 is 35.6 Å². The van der Waals surface area contributed by atoms with E-state index in [-0.39, 0.29) is 24.0 Å². The van der Waals surface area contributed by atoms with E-state index in [0.717, 1.165) is 55.1 Å². The van der Waals surface area contributed by atoms with Gasteiger partial charge in [-0.3, -0.25) is 4.99 Å². The van der Waals surface area contributed by atoms with Crippen molar-refractivity contribution in [2.45, 2.75) is 40.0 Å². The van der Waals surface area contributed by atoms with Crippen molar-refractivity contribution in [3.05, 3.63) is 18.2 Å². The van der Waals surface area contributed by atoms with Crippen molar-refractivity contribution in [1.82, 2.24) is 10.2 Å². The maximum Gasteiger partial charge on any atom is 0.195 e. The standard InChI is InChI=1S/C22H36N4O2.HI/c1-4-23-22(24-14-18-7-5-10-26(16-18)15-17(2)3)25-19-8-9-20-21(13-19)28-12-6-11-27-20;/h8-9,13,17-18H,4-7,10-12,14-16H2,1-3H3,(H2,23,24,25);1H. The highest BCUT2D eigenvalue weighted by Crippen LogP contribution is 2.32. The molecule has 1 fully saturated rings. The number of ether oxygens (including phenoxy) is 2. The minimum Gasteiger partial charge on any atom is -0.490 e. The zero-order valence-electron chi connectivity index (χ0n) is 18.1. The third kappa shape index (κ3) is 7.85. The Morgan fingerprint density at radius 3 is 2.76 bits per heavy atom. The molecule has 1 atom stereocenters. The van der Waals surface area contributed by atoms with Crippen molar-refractivity contribution in [3.63, 3.8) is 0 Å². The van der Waals surface area contributed by atoms with Crippen LogP contribution in [-0.2, 0) is 0 Å². The van der Waals surface area contributed by atoms with Crippen LogP contribution in [0.15, 0.2) is 23.2 Å². The molecule has 0 radical (unpaired) electrons. The van der Waals surface area contributed by atoms with Gasteiger partial charge in [0.2, 0.25) is 0 Å². The number of aliphatic imine (C=N–C) groups is 1. The van der Waals surface area contributed by atoms with Crippen LogP contribution in [0, 0.1) is 11.8 Å². The molecule has 0 saturated carbocycles. The molecule has 2 N–H and O–H groups in total. The first kappa shape index (κ1) is 24.1. The number of anilines is 1. The summed E-state index contributed by atoms with van der Waals surface area (Å²) >= 11 is 0. The molecule has 6 nitrogen and oxygen atoms in total. The average Bonchev–Trinajstić information content (AvgIpc) is 2.91. The molecule has 7 heteroatoms. The number of hydrogen-bond acceptors (Lipinski definition) is 4. The van der Waals surface area contributed by atoms with Gasteiger partial charge in [-0.25, -0.2) is 0 Å². The van der Waals surface area contributed by atoms with E-state index in [0.29, 0.717) is 19.1 Å². The number of likely N-dealkylation sites (tertiary alicyclic amines) is 1. The lowest BCUT2D eigenvalue weighted by Crippen LogP contribution is -2.39. The molecular weight excluding hydrogens is 479 g/mol. The summed E-state index contributed by atoms with van der Waals surface area (Å²) in [5.74, 6) is 3.80. The van der Waals surface area contributed by atoms with Crippen LogP contribution in [0.3, 0.4) is 0 Å². The first-order valence-corrected chi connectivity index (χ1v) is 10.8. The fourth-order valence-corrected chi connectivity index (χ4v) is 3.89. The normalized spacial score (nSPS) is 20.0. The van der Waals surface area contributed by atoms with E-state index in [9.17, 15) is 0 Å². The maximum atomic E-state index is 5.80. The van der Waals surface area contributed by atoms with Gasteiger partial charge in [0.1, 0.15) is 0 Å². The van der Waals surface area contributed by atoms with Crippen LogP contribution in [-0.4, -0.2) is 56.8 Å². The number of guanidine groups is 1. The van der Waals surface area contributed by atoms with Crippen molar-refractivity contribution in [2.75, 3.05) is 51.3 Å². The smallest absolute Gasteiger partial charge is 0.195 e. The third-order valence-corrected chi connectivity index (χ3v) is 5.09. The van der Waals surface area contributed by atoms with E-state index in [2.05, 4.69) is 36.3 Å². The first-order chi connectivity index (χ1) is 13.6. The Morgan fingerprint density at radius 1 is 1.21 bits per heavy atom. The van der Waals surface area contributed by atoms with Crippen LogP contribution < -0.4 is 20.1 Å². The van der Waals surface area contributed by atoms with Crippen molar-refractivity contribution in [2.24, 2.45) is 16.8 Å². The summed E-state index contributed by atoms with van der Waals surface area (Å²) in [5.41, 5.74) is 0.967. The molecule has 2 heterocycles. The monoisotopic (exact) mass is 516 g/mol. The molecule has 0 amide bonds. The zero-order valence-corrected chi connectivity index (χ0v) is 20.4. The minimum atomic E-state index is 0. The van der Waals surface area contributed by atoms with Gasteiger partial charge in [0.15, 0.2) is 17.5 Å². The summed E-state index contributed by atoms with van der Waals surface area (Å²) in [5, 5.41) is 6.78. The van der Waals surface area contributed by atoms with Crippen molar-refractivity contribution < 1.29 is 9.47 Å². The van der Waals surface area contributed by atoms with Gasteiger partial charge in [-0.2, -0.15) is 0 Å². The van der Waals surface area contributed by atoms with E-state index in [1.54, 1.807) is 0 Å². The molecule has 164 valence electrons. The number of halogens is 1. The Bertz CT molecular complexity index is 654. The fourth-order valence-electron chi connectivity index (χ4n) is 3.89. The molecule has 29 heavy (non-hydrogen) atoms. The summed E-state index contributed by atoms with van der Waals surface area (Å²) in [7, 11) is 0. The van der Waals surface area contributed by atoms with E-state index in [1.165, 1.54) is 25.9 Å². The lowest BCUT2D eigenvalue weighted by Gasteiger charge is -2.33. The topological polar surface area (TPSA) is 58.1 Å². The Balaban J connectivity index is 0.00000300. The Hall–Kier alpha value is -1.22. The maximum absolute atomic E-state index is 5.80. The molecule has 0 bridgehead atoms. The Kier molecular flexibility index (Phi) is 10.3. The van der Waals surface area contributed by atoms with Crippen LogP contribution in [0.2, 0.25) is 0 Å². The Labute approximate surface area is 192 Å². The lowest BCUT2D eigenvalue weighted by atomic mass is 9.97. The molecule has 0 aliphatic carbocycles. The molecule has 2 aliphatic heterocycles. The molecule has 0 spiro atoms. The number of piperidine rings is 1. The van der Waals surface area contributed by atoms with Crippen molar-refractivity contribution in [3.8, 4) is 11.5 Å². The predicted molar refractivity (Wildman–Crippen MR) is 131 cm³/mol. The number of benzene rings is 1. The van der Waals surface area contributed by atoms with Gasteiger partial charge in [0, 0.05) is 44.4 Å². The molecule has 2 aliphatic rings. The predicted octanol–water partition coefficient (Wildman–Crippen LogP) is 4.21. The molecule has 1 saturated heterocycles. The average molecular weight is 516 g/mol. The van der Waals surface area contributed by atoms with E-state index < -0.39 is 0 Å². The number of rotatable bonds is 6. The second-order valence-electron chi connectivity index (χ2n) is 8.22. The van der Waals surface area contributed by atoms with Crippen LogP contribution >= 0.6 is 24.0 Å². The molecule has 0 aromatic heterocycles. The Morgan fingerprint density at radius 2 is 2.00 bits per heavy atom. The molecule has 1 aromatic rings. The van der Waals surface area contributed by atoms with Crippen LogP contribution in [0.4, 0.5) is 5.69 Å². The number of hydrogen-bond donors (Lipinski definition) is 2. The second kappa shape index (κ2) is 12.5. The fraction of sp³-hybridized carbons (Fsp3) is 0.682. The number of nitrogens with zero attached hydrogens (tertiary/aromatic N) is 2. The molecular formula is C22H37IN4O2. The molecule has 1 unspecified atom stereocenters. The summed E-state index contributed by atoms with van der Waals surface area (Å²) in [6.45, 7) is 13.4. The summed E-state index contributed by atoms with van der Waals surface area (Å²) in [4.78, 5) is 7.47. The van der Waals surface area contributed by atoms with Gasteiger partial charge in [-0.15, -0.1) is 24.0 Å². The highest BCUT2D eigenvalue weighted by Gasteiger charge is 2.20. The summed E-state index contributed by atoms with van der Waals surface area (Å²) in [6.07, 6.45) is 3.46. The molecule has 1 aromatic carbocycles. The van der Waals surface area contributed by atoms with Crippen LogP contribution in [0.5, 0.6) is 11.5 Å². The van der Waals surface area contributed by atoms with E-state index in [1.807, 2.05) is 18.2 Å². The van der Waals surface area contributed by atoms with Crippen molar-refractivity contribution in [1.29, 1.82) is 0 Å². The largest absolute Gasteiger partial charge is 0.490 e. The summed E-state index contributed by atoms with van der Waals surface area (Å²) in [6, 6.07) is 5.99. The van der Waals surface area contributed by atoms with Gasteiger partial charge >= 0.3 is 0 Å². The van der Waals surface area contributed by atoms with E-state index >= 15 is 0 Å². The minimum absolute atomic E-state index is 0. The number of fused-ring (bicyclic) bond motifs is 1. The first-order valence-electron chi connectivity index (χ1n) is 10.8. The van der Waals surface area contributed by atoms with Crippen LogP contribution in [0.1, 0.15) is 40.0 Å². The zero-order chi connectivity index (χ0) is 19.8. The van der Waals surface area contributed by atoms with Gasteiger partial charge < -0.3 is 25.0 Å². The van der Waals surface area contributed by atoms with Gasteiger partial charge in [0.05, 0.1) is 13.2 Å². The summed E-state index contributed by atoms with van der Waals surface area (Å²) < 4.78 is 11.5. The van der Waals surface area contributed by atoms with E-state index in [4.69, 9.17) is 14.5 Å². The van der Waals surface area contributed by atoms with Gasteiger partial charge in [-0.05, 0) is 50.3 Å². The molecule has 3 rings (SSSR count). The van der Waals surface area contributed by atoms with Gasteiger partial charge in [0.25, 0.3) is 0 Å². The highest BCUT2D eigenvalue weighted by molar-refractivity contribution is 14.0. The lowest BCUT2D eigenvalue weighted by molar-refractivity contribution is 0.162.